The van der Waals surface area contributed by atoms with Crippen molar-refractivity contribution in [2.75, 3.05) is 0 Å². The van der Waals surface area contributed by atoms with Gasteiger partial charge in [-0.15, -0.1) is 0 Å². The standard InChI is InChI=1S/C11H12N2O2/c1-9(7-12)13(11(14)15)8-10-5-3-2-4-6-10/h2-6,9H,8H2,1H3,(H,14,15)/t9-/m1/s1. The van der Waals surface area contributed by atoms with Gasteiger partial charge in [-0.2, -0.15) is 5.26 Å². The third-order valence-electron chi connectivity index (χ3n) is 2.10. The summed E-state index contributed by atoms with van der Waals surface area (Å²) < 4.78 is 0. The second-order valence-corrected chi connectivity index (χ2v) is 3.20. The molecule has 0 heterocycles. The molecule has 1 N–H and O–H groups in total. The topological polar surface area (TPSA) is 64.3 Å². The molecule has 0 bridgehead atoms. The molecule has 4 heteroatoms. The average molecular weight is 204 g/mol. The first-order valence-electron chi connectivity index (χ1n) is 4.58. The zero-order valence-electron chi connectivity index (χ0n) is 8.42. The van der Waals surface area contributed by atoms with Crippen molar-refractivity contribution < 1.29 is 9.90 Å². The Bertz CT molecular complexity index is 370. The highest BCUT2D eigenvalue weighted by atomic mass is 16.4. The molecule has 15 heavy (non-hydrogen) atoms. The van der Waals surface area contributed by atoms with E-state index in [2.05, 4.69) is 0 Å². The quantitative estimate of drug-likeness (QED) is 0.819. The number of hydrogen-bond donors (Lipinski definition) is 1. The highest BCUT2D eigenvalue weighted by Gasteiger charge is 2.18. The second kappa shape index (κ2) is 5.01. The maximum atomic E-state index is 10.9. The molecule has 1 amide bonds. The van der Waals surface area contributed by atoms with Crippen LogP contribution in [0.15, 0.2) is 30.3 Å². The highest BCUT2D eigenvalue weighted by molar-refractivity contribution is 5.65. The summed E-state index contributed by atoms with van der Waals surface area (Å²) in [6.07, 6.45) is -1.08. The highest BCUT2D eigenvalue weighted by Crippen LogP contribution is 2.07. The lowest BCUT2D eigenvalue weighted by Crippen LogP contribution is -2.36. The van der Waals surface area contributed by atoms with Gasteiger partial charge in [0.15, 0.2) is 0 Å². The minimum atomic E-state index is -1.08. The zero-order chi connectivity index (χ0) is 11.3. The summed E-state index contributed by atoms with van der Waals surface area (Å²) in [7, 11) is 0. The normalized spacial score (nSPS) is 11.5. The van der Waals surface area contributed by atoms with Crippen molar-refractivity contribution in [1.29, 1.82) is 5.26 Å². The molecule has 1 rings (SSSR count). The zero-order valence-corrected chi connectivity index (χ0v) is 8.42. The largest absolute Gasteiger partial charge is 0.465 e. The van der Waals surface area contributed by atoms with Gasteiger partial charge < -0.3 is 5.11 Å². The molecule has 1 aromatic carbocycles. The van der Waals surface area contributed by atoms with Gasteiger partial charge in [-0.3, -0.25) is 4.90 Å². The number of nitriles is 1. The van der Waals surface area contributed by atoms with Gasteiger partial charge in [-0.05, 0) is 12.5 Å². The van der Waals surface area contributed by atoms with E-state index >= 15 is 0 Å². The van der Waals surface area contributed by atoms with Crippen LogP contribution in [0.5, 0.6) is 0 Å². The fourth-order valence-corrected chi connectivity index (χ4v) is 1.22. The number of carboxylic acid groups (broad SMARTS) is 1. The van der Waals surface area contributed by atoms with Crippen LogP contribution in [-0.4, -0.2) is 22.1 Å². The Balaban J connectivity index is 2.77. The molecule has 0 saturated heterocycles. The molecule has 0 radical (unpaired) electrons. The molecule has 1 aromatic rings. The molecule has 0 spiro atoms. The SMILES string of the molecule is C[C@H](C#N)N(Cc1ccccc1)C(=O)O. The molecule has 78 valence electrons. The molecule has 0 saturated carbocycles. The van der Waals surface area contributed by atoms with E-state index < -0.39 is 12.1 Å². The molecule has 4 nitrogen and oxygen atoms in total. The summed E-state index contributed by atoms with van der Waals surface area (Å²) in [4.78, 5) is 12.0. The fourth-order valence-electron chi connectivity index (χ4n) is 1.22. The molecule has 0 unspecified atom stereocenters. The number of hydrogen-bond acceptors (Lipinski definition) is 2. The van der Waals surface area contributed by atoms with E-state index in [4.69, 9.17) is 10.4 Å². The van der Waals surface area contributed by atoms with E-state index in [1.807, 2.05) is 36.4 Å². The molecule has 1 atom stereocenters. The maximum absolute atomic E-state index is 10.9. The summed E-state index contributed by atoms with van der Waals surface area (Å²) >= 11 is 0. The van der Waals surface area contributed by atoms with Crippen LogP contribution < -0.4 is 0 Å². The number of carbonyl (C=O) groups is 1. The first-order valence-corrected chi connectivity index (χ1v) is 4.58. The van der Waals surface area contributed by atoms with Gasteiger partial charge in [-0.1, -0.05) is 30.3 Å². The van der Waals surface area contributed by atoms with Gasteiger partial charge in [0.2, 0.25) is 0 Å². The Morgan fingerprint density at radius 3 is 2.60 bits per heavy atom. The summed E-state index contributed by atoms with van der Waals surface area (Å²) in [6, 6.07) is 10.5. The first-order chi connectivity index (χ1) is 7.15. The van der Waals surface area contributed by atoms with E-state index in [0.717, 1.165) is 10.5 Å². The van der Waals surface area contributed by atoms with Crippen molar-refractivity contribution in [1.82, 2.24) is 4.90 Å². The second-order valence-electron chi connectivity index (χ2n) is 3.20. The van der Waals surface area contributed by atoms with Crippen LogP contribution in [0, 0.1) is 11.3 Å². The van der Waals surface area contributed by atoms with Crippen LogP contribution in [0.2, 0.25) is 0 Å². The van der Waals surface area contributed by atoms with Gasteiger partial charge in [0, 0.05) is 0 Å². The minimum absolute atomic E-state index is 0.241. The maximum Gasteiger partial charge on any atom is 0.408 e. The predicted octanol–water partition coefficient (Wildman–Crippen LogP) is 2.08. The van der Waals surface area contributed by atoms with Crippen LogP contribution in [-0.2, 0) is 6.54 Å². The molecule has 0 fully saturated rings. The molecular formula is C11H12N2O2. The monoisotopic (exact) mass is 204 g/mol. The van der Waals surface area contributed by atoms with Crippen LogP contribution >= 0.6 is 0 Å². The Morgan fingerprint density at radius 2 is 2.13 bits per heavy atom. The molecule has 0 aromatic heterocycles. The molecule has 0 aliphatic carbocycles. The van der Waals surface area contributed by atoms with Crippen molar-refractivity contribution in [3.05, 3.63) is 35.9 Å². The Labute approximate surface area is 88.4 Å². The van der Waals surface area contributed by atoms with Gasteiger partial charge in [0.1, 0.15) is 6.04 Å². The Kier molecular flexibility index (Phi) is 3.69. The van der Waals surface area contributed by atoms with E-state index in [1.54, 1.807) is 6.92 Å². The summed E-state index contributed by atoms with van der Waals surface area (Å²) in [5, 5.41) is 17.6. The van der Waals surface area contributed by atoms with Crippen molar-refractivity contribution in [3.8, 4) is 6.07 Å². The summed E-state index contributed by atoms with van der Waals surface area (Å²) in [6.45, 7) is 1.81. The minimum Gasteiger partial charge on any atom is -0.465 e. The lowest BCUT2D eigenvalue weighted by Gasteiger charge is -2.21. The predicted molar refractivity (Wildman–Crippen MR) is 55.1 cm³/mol. The van der Waals surface area contributed by atoms with Crippen LogP contribution in [0.4, 0.5) is 4.79 Å². The van der Waals surface area contributed by atoms with Gasteiger partial charge in [0.05, 0.1) is 12.6 Å². The number of amides is 1. The van der Waals surface area contributed by atoms with Crippen LogP contribution in [0.3, 0.4) is 0 Å². The number of benzene rings is 1. The Morgan fingerprint density at radius 1 is 1.53 bits per heavy atom. The van der Waals surface area contributed by atoms with E-state index in [9.17, 15) is 4.79 Å². The average Bonchev–Trinajstić information content (AvgIpc) is 2.26. The van der Waals surface area contributed by atoms with Gasteiger partial charge >= 0.3 is 6.09 Å². The number of rotatable bonds is 3. The fraction of sp³-hybridized carbons (Fsp3) is 0.273. The van der Waals surface area contributed by atoms with E-state index in [0.29, 0.717) is 0 Å². The third-order valence-corrected chi connectivity index (χ3v) is 2.10. The first kappa shape index (κ1) is 11.1. The lowest BCUT2D eigenvalue weighted by atomic mass is 10.2. The third kappa shape index (κ3) is 2.99. The van der Waals surface area contributed by atoms with Gasteiger partial charge in [-0.25, -0.2) is 4.79 Å². The summed E-state index contributed by atoms with van der Waals surface area (Å²) in [5.74, 6) is 0. The number of nitrogens with zero attached hydrogens (tertiary/aromatic N) is 2. The van der Waals surface area contributed by atoms with Gasteiger partial charge in [0.25, 0.3) is 0 Å². The van der Waals surface area contributed by atoms with E-state index in [1.165, 1.54) is 0 Å². The summed E-state index contributed by atoms with van der Waals surface area (Å²) in [5.41, 5.74) is 0.877. The van der Waals surface area contributed by atoms with Crippen molar-refractivity contribution in [2.45, 2.75) is 19.5 Å². The smallest absolute Gasteiger partial charge is 0.408 e. The van der Waals surface area contributed by atoms with Crippen molar-refractivity contribution >= 4 is 6.09 Å². The molecule has 0 aliphatic rings. The van der Waals surface area contributed by atoms with Crippen molar-refractivity contribution in [2.24, 2.45) is 0 Å². The molecule has 0 aliphatic heterocycles. The van der Waals surface area contributed by atoms with Crippen LogP contribution in [0.25, 0.3) is 0 Å². The van der Waals surface area contributed by atoms with E-state index in [-0.39, 0.29) is 6.54 Å². The lowest BCUT2D eigenvalue weighted by molar-refractivity contribution is 0.135. The van der Waals surface area contributed by atoms with Crippen molar-refractivity contribution in [3.63, 3.8) is 0 Å². The Hall–Kier alpha value is -2.02. The molecular weight excluding hydrogens is 192 g/mol. The van der Waals surface area contributed by atoms with Crippen LogP contribution in [0.1, 0.15) is 12.5 Å².